The lowest BCUT2D eigenvalue weighted by Gasteiger charge is -2.36. The Morgan fingerprint density at radius 1 is 1.47 bits per heavy atom. The maximum atomic E-state index is 11.7. The van der Waals surface area contributed by atoms with Crippen LogP contribution in [-0.4, -0.2) is 35.1 Å². The number of amides is 1. The van der Waals surface area contributed by atoms with Crippen LogP contribution in [0.4, 0.5) is 0 Å². The van der Waals surface area contributed by atoms with Crippen LogP contribution >= 0.6 is 0 Å². The molecule has 1 saturated heterocycles. The van der Waals surface area contributed by atoms with Gasteiger partial charge in [0.2, 0.25) is 5.91 Å². The lowest BCUT2D eigenvalue weighted by atomic mass is 10.0. The number of likely N-dealkylation sites (tertiary alicyclic amines) is 1. The number of carbonyl (C=O) groups excluding carboxylic acids is 1. The number of aliphatic hydroxyl groups is 1. The van der Waals surface area contributed by atoms with Crippen LogP contribution in [0, 0.1) is 6.92 Å². The van der Waals surface area contributed by atoms with Gasteiger partial charge in [0.25, 0.3) is 0 Å². The Labute approximate surface area is 89.3 Å². The van der Waals surface area contributed by atoms with Gasteiger partial charge in [-0.05, 0) is 18.1 Å². The smallest absolute Gasteiger partial charge is 0.227 e. The van der Waals surface area contributed by atoms with E-state index in [9.17, 15) is 4.79 Å². The fourth-order valence-electron chi connectivity index (χ4n) is 1.74. The molecule has 1 heterocycles. The molecule has 1 aliphatic rings. The van der Waals surface area contributed by atoms with Crippen molar-refractivity contribution in [3.8, 4) is 0 Å². The summed E-state index contributed by atoms with van der Waals surface area (Å²) >= 11 is 0. The van der Waals surface area contributed by atoms with Crippen molar-refractivity contribution < 1.29 is 9.90 Å². The normalized spacial score (nSPS) is 16.3. The first-order valence-corrected chi connectivity index (χ1v) is 5.17. The largest absolute Gasteiger partial charge is 0.389 e. The number of aliphatic hydroxyl groups excluding tert-OH is 1. The molecule has 3 nitrogen and oxygen atoms in total. The molecule has 0 aliphatic carbocycles. The molecule has 3 heteroatoms. The SMILES string of the molecule is Cc1ccccc1CC(=O)N1CC(O)C1. The van der Waals surface area contributed by atoms with Crippen LogP contribution in [0.5, 0.6) is 0 Å². The summed E-state index contributed by atoms with van der Waals surface area (Å²) < 4.78 is 0. The van der Waals surface area contributed by atoms with E-state index in [0.717, 1.165) is 11.1 Å². The zero-order valence-corrected chi connectivity index (χ0v) is 8.81. The van der Waals surface area contributed by atoms with Crippen LogP contribution in [0.15, 0.2) is 24.3 Å². The minimum atomic E-state index is -0.314. The van der Waals surface area contributed by atoms with Gasteiger partial charge in [0.1, 0.15) is 0 Å². The van der Waals surface area contributed by atoms with Gasteiger partial charge in [0.15, 0.2) is 0 Å². The highest BCUT2D eigenvalue weighted by atomic mass is 16.3. The van der Waals surface area contributed by atoms with Crippen molar-refractivity contribution in [1.82, 2.24) is 4.90 Å². The summed E-state index contributed by atoms with van der Waals surface area (Å²) in [6.45, 7) is 2.99. The lowest BCUT2D eigenvalue weighted by Crippen LogP contribution is -2.54. The van der Waals surface area contributed by atoms with Crippen LogP contribution in [-0.2, 0) is 11.2 Å². The Morgan fingerprint density at radius 2 is 2.13 bits per heavy atom. The number of aryl methyl sites for hydroxylation is 1. The van der Waals surface area contributed by atoms with E-state index in [1.54, 1.807) is 4.90 Å². The van der Waals surface area contributed by atoms with E-state index >= 15 is 0 Å². The second-order valence-corrected chi connectivity index (χ2v) is 4.06. The Hall–Kier alpha value is -1.35. The monoisotopic (exact) mass is 205 g/mol. The molecule has 1 aliphatic heterocycles. The zero-order valence-electron chi connectivity index (χ0n) is 8.81. The van der Waals surface area contributed by atoms with Crippen molar-refractivity contribution in [2.24, 2.45) is 0 Å². The van der Waals surface area contributed by atoms with Crippen molar-refractivity contribution in [2.45, 2.75) is 19.4 Å². The Balaban J connectivity index is 1.97. The molecule has 1 N–H and O–H groups in total. The van der Waals surface area contributed by atoms with Crippen molar-refractivity contribution in [3.05, 3.63) is 35.4 Å². The molecule has 15 heavy (non-hydrogen) atoms. The number of β-amino-alcohol motifs (C(OH)–C–C–N with tert-alkyl or cyclic N) is 1. The summed E-state index contributed by atoms with van der Waals surface area (Å²) in [6.07, 6.45) is 0.130. The standard InChI is InChI=1S/C12H15NO2/c1-9-4-2-3-5-10(9)6-12(15)13-7-11(14)8-13/h2-5,11,14H,6-8H2,1H3. The molecule has 80 valence electrons. The van der Waals surface area contributed by atoms with Gasteiger partial charge in [-0.1, -0.05) is 24.3 Å². The minimum absolute atomic E-state index is 0.106. The molecular weight excluding hydrogens is 190 g/mol. The highest BCUT2D eigenvalue weighted by Crippen LogP contribution is 2.13. The van der Waals surface area contributed by atoms with E-state index in [0.29, 0.717) is 19.5 Å². The van der Waals surface area contributed by atoms with Gasteiger partial charge in [-0.25, -0.2) is 0 Å². The Bertz CT molecular complexity index is 370. The number of hydrogen-bond donors (Lipinski definition) is 1. The summed E-state index contributed by atoms with van der Waals surface area (Å²) in [5.74, 6) is 0.106. The van der Waals surface area contributed by atoms with E-state index in [2.05, 4.69) is 0 Å². The predicted molar refractivity (Wildman–Crippen MR) is 57.5 cm³/mol. The first kappa shape index (κ1) is 10.2. The van der Waals surface area contributed by atoms with E-state index in [1.165, 1.54) is 0 Å². The molecule has 0 spiro atoms. The number of rotatable bonds is 2. The fourth-order valence-corrected chi connectivity index (χ4v) is 1.74. The number of hydrogen-bond acceptors (Lipinski definition) is 2. The molecule has 0 radical (unpaired) electrons. The highest BCUT2D eigenvalue weighted by Gasteiger charge is 2.28. The number of benzene rings is 1. The van der Waals surface area contributed by atoms with Crippen molar-refractivity contribution in [3.63, 3.8) is 0 Å². The van der Waals surface area contributed by atoms with Crippen molar-refractivity contribution >= 4 is 5.91 Å². The maximum absolute atomic E-state index is 11.7. The average molecular weight is 205 g/mol. The third-order valence-corrected chi connectivity index (χ3v) is 2.82. The molecule has 1 amide bonds. The zero-order chi connectivity index (χ0) is 10.8. The summed E-state index contributed by atoms with van der Waals surface area (Å²) in [4.78, 5) is 13.4. The quantitative estimate of drug-likeness (QED) is 0.773. The van der Waals surface area contributed by atoms with E-state index in [4.69, 9.17) is 5.11 Å². The van der Waals surface area contributed by atoms with Crippen molar-refractivity contribution in [1.29, 1.82) is 0 Å². The topological polar surface area (TPSA) is 40.5 Å². The van der Waals surface area contributed by atoms with Gasteiger partial charge in [0.05, 0.1) is 12.5 Å². The molecule has 1 aromatic rings. The minimum Gasteiger partial charge on any atom is -0.389 e. The molecule has 1 fully saturated rings. The second-order valence-electron chi connectivity index (χ2n) is 4.06. The van der Waals surface area contributed by atoms with E-state index < -0.39 is 0 Å². The Morgan fingerprint density at radius 3 is 2.73 bits per heavy atom. The number of nitrogens with zero attached hydrogens (tertiary/aromatic N) is 1. The predicted octanol–water partition coefficient (Wildman–Crippen LogP) is 0.741. The van der Waals surface area contributed by atoms with Gasteiger partial charge in [0, 0.05) is 13.1 Å². The lowest BCUT2D eigenvalue weighted by molar-refractivity contribution is -0.140. The van der Waals surface area contributed by atoms with Gasteiger partial charge in [-0.15, -0.1) is 0 Å². The highest BCUT2D eigenvalue weighted by molar-refractivity contribution is 5.80. The van der Waals surface area contributed by atoms with Crippen LogP contribution in [0.25, 0.3) is 0 Å². The number of carbonyl (C=O) groups is 1. The van der Waals surface area contributed by atoms with Gasteiger partial charge < -0.3 is 10.0 Å². The molecule has 1 aromatic carbocycles. The van der Waals surface area contributed by atoms with Crippen LogP contribution in [0.2, 0.25) is 0 Å². The van der Waals surface area contributed by atoms with Crippen LogP contribution < -0.4 is 0 Å². The molecule has 0 aromatic heterocycles. The fraction of sp³-hybridized carbons (Fsp3) is 0.417. The molecule has 0 bridgehead atoms. The summed E-state index contributed by atoms with van der Waals surface area (Å²) in [5, 5.41) is 9.09. The molecule has 0 saturated carbocycles. The van der Waals surface area contributed by atoms with Gasteiger partial charge in [-0.2, -0.15) is 0 Å². The second kappa shape index (κ2) is 4.03. The third-order valence-electron chi connectivity index (χ3n) is 2.82. The maximum Gasteiger partial charge on any atom is 0.227 e. The average Bonchev–Trinajstić information content (AvgIpc) is 2.17. The van der Waals surface area contributed by atoms with Crippen molar-refractivity contribution in [2.75, 3.05) is 13.1 Å². The third kappa shape index (κ3) is 2.18. The van der Waals surface area contributed by atoms with Gasteiger partial charge in [-0.3, -0.25) is 4.79 Å². The summed E-state index contributed by atoms with van der Waals surface area (Å²) in [6, 6.07) is 7.90. The van der Waals surface area contributed by atoms with Crippen LogP contribution in [0.1, 0.15) is 11.1 Å². The van der Waals surface area contributed by atoms with Crippen LogP contribution in [0.3, 0.4) is 0 Å². The van der Waals surface area contributed by atoms with E-state index in [1.807, 2.05) is 31.2 Å². The first-order valence-electron chi connectivity index (χ1n) is 5.17. The summed E-state index contributed by atoms with van der Waals surface area (Å²) in [7, 11) is 0. The molecule has 2 rings (SSSR count). The first-order chi connectivity index (χ1) is 7.16. The molecular formula is C12H15NO2. The summed E-state index contributed by atoms with van der Waals surface area (Å²) in [5.41, 5.74) is 2.22. The van der Waals surface area contributed by atoms with E-state index in [-0.39, 0.29) is 12.0 Å². The Kier molecular flexibility index (Phi) is 2.73. The molecule has 0 unspecified atom stereocenters. The molecule has 0 atom stereocenters. The van der Waals surface area contributed by atoms with Gasteiger partial charge >= 0.3 is 0 Å².